The van der Waals surface area contributed by atoms with E-state index in [1.807, 2.05) is 6.33 Å². The lowest BCUT2D eigenvalue weighted by Gasteiger charge is -2.38. The largest absolute Gasteiger partial charge is 0.320 e. The summed E-state index contributed by atoms with van der Waals surface area (Å²) in [7, 11) is 2.12. The van der Waals surface area contributed by atoms with E-state index in [-0.39, 0.29) is 0 Å². The van der Waals surface area contributed by atoms with E-state index in [9.17, 15) is 0 Å². The second kappa shape index (κ2) is 6.54. The molecule has 1 aromatic heterocycles. The van der Waals surface area contributed by atoms with Crippen molar-refractivity contribution in [2.24, 2.45) is 18.4 Å². The molecule has 2 saturated carbocycles. The van der Waals surface area contributed by atoms with Crippen molar-refractivity contribution in [1.29, 1.82) is 0 Å². The third kappa shape index (κ3) is 3.07. The zero-order valence-electron chi connectivity index (χ0n) is 14.7. The Morgan fingerprint density at radius 1 is 1.09 bits per heavy atom. The van der Waals surface area contributed by atoms with Crippen molar-refractivity contribution in [2.75, 3.05) is 19.6 Å². The Labute approximate surface area is 140 Å². The van der Waals surface area contributed by atoms with Gasteiger partial charge in [-0.2, -0.15) is 0 Å². The lowest BCUT2D eigenvalue weighted by Crippen LogP contribution is -2.34. The lowest BCUT2D eigenvalue weighted by atomic mass is 9.67. The third-order valence-electron chi connectivity index (χ3n) is 6.87. The summed E-state index contributed by atoms with van der Waals surface area (Å²) in [6.45, 7) is 3.85. The van der Waals surface area contributed by atoms with Gasteiger partial charge in [0.2, 0.25) is 0 Å². The van der Waals surface area contributed by atoms with Crippen LogP contribution in [0, 0.1) is 11.3 Å². The average molecular weight is 316 g/mol. The van der Waals surface area contributed by atoms with Crippen LogP contribution in [0.25, 0.3) is 0 Å². The highest BCUT2D eigenvalue weighted by molar-refractivity contribution is 5.12. The van der Waals surface area contributed by atoms with Gasteiger partial charge < -0.3 is 9.47 Å². The van der Waals surface area contributed by atoms with Crippen molar-refractivity contribution in [3.05, 3.63) is 12.2 Å². The van der Waals surface area contributed by atoms with Gasteiger partial charge in [0.25, 0.3) is 0 Å². The zero-order chi connectivity index (χ0) is 15.7. The second-order valence-electron chi connectivity index (χ2n) is 8.47. The highest BCUT2D eigenvalue weighted by Crippen LogP contribution is 2.51. The van der Waals surface area contributed by atoms with Crippen molar-refractivity contribution < 1.29 is 0 Å². The SMILES string of the molecule is Cn1cnnc1C1CN(CC2CCCCC2)CC12CCCCC2. The van der Waals surface area contributed by atoms with Crippen LogP contribution in [0.2, 0.25) is 0 Å². The van der Waals surface area contributed by atoms with Crippen LogP contribution in [0.4, 0.5) is 0 Å². The summed E-state index contributed by atoms with van der Waals surface area (Å²) < 4.78 is 2.17. The van der Waals surface area contributed by atoms with Gasteiger partial charge in [-0.15, -0.1) is 10.2 Å². The highest BCUT2D eigenvalue weighted by Gasteiger charge is 2.49. The summed E-state index contributed by atoms with van der Waals surface area (Å²) >= 11 is 0. The third-order valence-corrected chi connectivity index (χ3v) is 6.87. The molecule has 1 spiro atoms. The summed E-state index contributed by atoms with van der Waals surface area (Å²) in [4.78, 5) is 2.79. The van der Waals surface area contributed by atoms with Gasteiger partial charge in [0.1, 0.15) is 12.2 Å². The maximum absolute atomic E-state index is 4.51. The first-order chi connectivity index (χ1) is 11.3. The fraction of sp³-hybridized carbons (Fsp3) is 0.895. The molecule has 1 saturated heterocycles. The maximum Gasteiger partial charge on any atom is 0.137 e. The van der Waals surface area contributed by atoms with Crippen LogP contribution in [0.3, 0.4) is 0 Å². The molecule has 128 valence electrons. The maximum atomic E-state index is 4.51. The number of aromatic nitrogens is 3. The predicted molar refractivity (Wildman–Crippen MR) is 92.3 cm³/mol. The molecule has 23 heavy (non-hydrogen) atoms. The second-order valence-corrected chi connectivity index (χ2v) is 8.47. The Morgan fingerprint density at radius 3 is 2.52 bits per heavy atom. The van der Waals surface area contributed by atoms with Gasteiger partial charge >= 0.3 is 0 Å². The molecule has 2 aliphatic carbocycles. The monoisotopic (exact) mass is 316 g/mol. The summed E-state index contributed by atoms with van der Waals surface area (Å²) in [6.07, 6.45) is 16.2. The smallest absolute Gasteiger partial charge is 0.137 e. The summed E-state index contributed by atoms with van der Waals surface area (Å²) in [6, 6.07) is 0. The van der Waals surface area contributed by atoms with Gasteiger partial charge in [-0.05, 0) is 37.0 Å². The minimum absolute atomic E-state index is 0.480. The molecule has 4 heteroatoms. The molecule has 1 unspecified atom stereocenters. The van der Waals surface area contributed by atoms with E-state index in [4.69, 9.17) is 0 Å². The predicted octanol–water partition coefficient (Wildman–Crippen LogP) is 3.75. The fourth-order valence-corrected chi connectivity index (χ4v) is 5.67. The van der Waals surface area contributed by atoms with Crippen LogP contribution in [0.15, 0.2) is 6.33 Å². The Hall–Kier alpha value is -0.900. The molecule has 3 fully saturated rings. The van der Waals surface area contributed by atoms with Crippen molar-refractivity contribution >= 4 is 0 Å². The quantitative estimate of drug-likeness (QED) is 0.852. The van der Waals surface area contributed by atoms with Crippen LogP contribution in [0.5, 0.6) is 0 Å². The van der Waals surface area contributed by atoms with Gasteiger partial charge in [-0.3, -0.25) is 0 Å². The van der Waals surface area contributed by atoms with E-state index in [1.54, 1.807) is 0 Å². The Balaban J connectivity index is 1.52. The molecule has 0 N–H and O–H groups in total. The van der Waals surface area contributed by atoms with E-state index in [2.05, 4.69) is 26.7 Å². The standard InChI is InChI=1S/C19H32N4/c1-22-15-20-21-18(22)17-13-23(12-16-8-4-2-5-9-16)14-19(17)10-6-3-7-11-19/h15-17H,2-14H2,1H3. The molecule has 1 aliphatic heterocycles. The first kappa shape index (κ1) is 15.6. The van der Waals surface area contributed by atoms with Gasteiger partial charge in [-0.1, -0.05) is 38.5 Å². The van der Waals surface area contributed by atoms with E-state index in [1.165, 1.54) is 89.7 Å². The van der Waals surface area contributed by atoms with E-state index >= 15 is 0 Å². The first-order valence-electron chi connectivity index (χ1n) is 9.83. The van der Waals surface area contributed by atoms with Crippen LogP contribution >= 0.6 is 0 Å². The van der Waals surface area contributed by atoms with Crippen LogP contribution in [0.1, 0.15) is 76.0 Å². The number of hydrogen-bond acceptors (Lipinski definition) is 3. The minimum Gasteiger partial charge on any atom is -0.320 e. The van der Waals surface area contributed by atoms with Crippen molar-refractivity contribution in [3.8, 4) is 0 Å². The minimum atomic E-state index is 0.480. The molecular formula is C19H32N4. The van der Waals surface area contributed by atoms with Gasteiger partial charge in [-0.25, -0.2) is 0 Å². The number of aryl methyl sites for hydroxylation is 1. The van der Waals surface area contributed by atoms with Gasteiger partial charge in [0.15, 0.2) is 0 Å². The van der Waals surface area contributed by atoms with Crippen LogP contribution in [-0.2, 0) is 7.05 Å². The summed E-state index contributed by atoms with van der Waals surface area (Å²) in [5.74, 6) is 2.78. The zero-order valence-corrected chi connectivity index (χ0v) is 14.7. The van der Waals surface area contributed by atoms with Crippen LogP contribution < -0.4 is 0 Å². The molecule has 1 aromatic rings. The Morgan fingerprint density at radius 2 is 1.83 bits per heavy atom. The molecule has 4 rings (SSSR count). The molecular weight excluding hydrogens is 284 g/mol. The summed E-state index contributed by atoms with van der Waals surface area (Å²) in [5.41, 5.74) is 0.480. The normalized spacial score (nSPS) is 29.3. The molecule has 0 amide bonds. The van der Waals surface area contributed by atoms with E-state index in [0.29, 0.717) is 11.3 Å². The Kier molecular flexibility index (Phi) is 4.44. The van der Waals surface area contributed by atoms with Crippen molar-refractivity contribution in [1.82, 2.24) is 19.7 Å². The van der Waals surface area contributed by atoms with E-state index in [0.717, 1.165) is 5.92 Å². The van der Waals surface area contributed by atoms with E-state index < -0.39 is 0 Å². The molecule has 0 radical (unpaired) electrons. The van der Waals surface area contributed by atoms with Crippen LogP contribution in [-0.4, -0.2) is 39.3 Å². The van der Waals surface area contributed by atoms with Crippen molar-refractivity contribution in [2.45, 2.75) is 70.1 Å². The van der Waals surface area contributed by atoms with Gasteiger partial charge in [0, 0.05) is 32.6 Å². The number of likely N-dealkylation sites (tertiary alicyclic amines) is 1. The number of nitrogens with zero attached hydrogens (tertiary/aromatic N) is 4. The summed E-state index contributed by atoms with van der Waals surface area (Å²) in [5, 5.41) is 8.69. The number of rotatable bonds is 3. The molecule has 1 atom stereocenters. The molecule has 0 bridgehead atoms. The fourth-order valence-electron chi connectivity index (χ4n) is 5.67. The average Bonchev–Trinajstić information content (AvgIpc) is 3.13. The molecule has 0 aromatic carbocycles. The number of hydrogen-bond donors (Lipinski definition) is 0. The lowest BCUT2D eigenvalue weighted by molar-refractivity contribution is 0.155. The molecule has 2 heterocycles. The first-order valence-corrected chi connectivity index (χ1v) is 9.83. The molecule has 3 aliphatic rings. The van der Waals surface area contributed by atoms with Crippen molar-refractivity contribution in [3.63, 3.8) is 0 Å². The topological polar surface area (TPSA) is 34.0 Å². The Bertz CT molecular complexity index is 511. The molecule has 4 nitrogen and oxygen atoms in total. The highest BCUT2D eigenvalue weighted by atomic mass is 15.3. The van der Waals surface area contributed by atoms with Gasteiger partial charge in [0.05, 0.1) is 0 Å².